The monoisotopic (exact) mass is 318 g/mol. The van der Waals surface area contributed by atoms with Crippen LogP contribution in [0.15, 0.2) is 12.1 Å². The third-order valence-electron chi connectivity index (χ3n) is 3.28. The molecular weight excluding hydrogens is 306 g/mol. The number of amides is 2. The number of rotatable bonds is 2. The molecule has 0 bridgehead atoms. The van der Waals surface area contributed by atoms with Gasteiger partial charge in [-0.25, -0.2) is 8.78 Å². The highest BCUT2D eigenvalue weighted by Gasteiger charge is 2.30. The SMILES string of the molecule is O=C(Nc1cc(F)c(F)cc1Cl)C(=O)N1CCC(CO)C1. The van der Waals surface area contributed by atoms with Crippen LogP contribution in [-0.4, -0.2) is 41.5 Å². The van der Waals surface area contributed by atoms with Crippen LogP contribution in [0.4, 0.5) is 14.5 Å². The Hall–Kier alpha value is -1.73. The molecule has 2 N–H and O–H groups in total. The summed E-state index contributed by atoms with van der Waals surface area (Å²) in [5, 5.41) is 11.0. The summed E-state index contributed by atoms with van der Waals surface area (Å²) >= 11 is 5.68. The van der Waals surface area contributed by atoms with E-state index in [2.05, 4.69) is 5.32 Å². The summed E-state index contributed by atoms with van der Waals surface area (Å²) in [6, 6.07) is 1.43. The van der Waals surface area contributed by atoms with Crippen LogP contribution in [0, 0.1) is 17.6 Å². The van der Waals surface area contributed by atoms with Gasteiger partial charge in [0.15, 0.2) is 11.6 Å². The highest BCUT2D eigenvalue weighted by atomic mass is 35.5. The van der Waals surface area contributed by atoms with Crippen molar-refractivity contribution in [2.75, 3.05) is 25.0 Å². The van der Waals surface area contributed by atoms with Crippen LogP contribution < -0.4 is 5.32 Å². The Bertz CT molecular complexity index is 583. The van der Waals surface area contributed by atoms with Crippen LogP contribution in [-0.2, 0) is 9.59 Å². The van der Waals surface area contributed by atoms with E-state index in [4.69, 9.17) is 16.7 Å². The lowest BCUT2D eigenvalue weighted by atomic mass is 10.1. The summed E-state index contributed by atoms with van der Waals surface area (Å²) in [5.74, 6) is -4.15. The van der Waals surface area contributed by atoms with Crippen molar-refractivity contribution in [3.8, 4) is 0 Å². The number of hydrogen-bond donors (Lipinski definition) is 2. The van der Waals surface area contributed by atoms with Crippen LogP contribution in [0.1, 0.15) is 6.42 Å². The normalized spacial score (nSPS) is 17.9. The van der Waals surface area contributed by atoms with Gasteiger partial charge < -0.3 is 15.3 Å². The topological polar surface area (TPSA) is 69.6 Å². The Balaban J connectivity index is 2.05. The zero-order valence-corrected chi connectivity index (χ0v) is 11.7. The molecule has 1 heterocycles. The second-order valence-corrected chi connectivity index (χ2v) is 5.20. The minimum Gasteiger partial charge on any atom is -0.396 e. The van der Waals surface area contributed by atoms with Crippen molar-refractivity contribution >= 4 is 29.1 Å². The summed E-state index contributed by atoms with van der Waals surface area (Å²) in [7, 11) is 0. The Morgan fingerprint density at radius 3 is 2.67 bits per heavy atom. The van der Waals surface area contributed by atoms with Gasteiger partial charge in [-0.15, -0.1) is 0 Å². The van der Waals surface area contributed by atoms with Gasteiger partial charge >= 0.3 is 11.8 Å². The molecule has 1 atom stereocenters. The fourth-order valence-corrected chi connectivity index (χ4v) is 2.30. The van der Waals surface area contributed by atoms with E-state index in [1.54, 1.807) is 0 Å². The molecule has 1 aliphatic heterocycles. The molecule has 0 saturated carbocycles. The zero-order chi connectivity index (χ0) is 15.6. The first kappa shape index (κ1) is 15.7. The number of aliphatic hydroxyl groups is 1. The van der Waals surface area contributed by atoms with Gasteiger partial charge in [-0.3, -0.25) is 9.59 Å². The fourth-order valence-electron chi connectivity index (χ4n) is 2.10. The molecule has 2 amide bonds. The van der Waals surface area contributed by atoms with Crippen molar-refractivity contribution in [1.82, 2.24) is 4.90 Å². The number of hydrogen-bond acceptors (Lipinski definition) is 3. The minimum absolute atomic E-state index is 0.0476. The van der Waals surface area contributed by atoms with Gasteiger partial charge in [-0.1, -0.05) is 11.6 Å². The lowest BCUT2D eigenvalue weighted by Crippen LogP contribution is -2.38. The van der Waals surface area contributed by atoms with Crippen molar-refractivity contribution in [1.29, 1.82) is 0 Å². The van der Waals surface area contributed by atoms with Crippen LogP contribution in [0.25, 0.3) is 0 Å². The molecule has 114 valence electrons. The van der Waals surface area contributed by atoms with E-state index in [0.717, 1.165) is 0 Å². The van der Waals surface area contributed by atoms with E-state index >= 15 is 0 Å². The molecule has 1 aromatic rings. The molecule has 1 unspecified atom stereocenters. The summed E-state index contributed by atoms with van der Waals surface area (Å²) < 4.78 is 26.0. The summed E-state index contributed by atoms with van der Waals surface area (Å²) in [6.45, 7) is 0.595. The molecule has 2 rings (SSSR count). The average molecular weight is 319 g/mol. The van der Waals surface area contributed by atoms with Gasteiger partial charge in [0, 0.05) is 31.7 Å². The molecule has 0 radical (unpaired) electrons. The zero-order valence-electron chi connectivity index (χ0n) is 10.9. The van der Waals surface area contributed by atoms with E-state index in [0.29, 0.717) is 25.1 Å². The lowest BCUT2D eigenvalue weighted by molar-refractivity contribution is -0.142. The predicted molar refractivity (Wildman–Crippen MR) is 71.8 cm³/mol. The standard InChI is InChI=1S/C13H13ClF2N2O3/c14-8-3-9(15)10(16)4-11(8)17-12(20)13(21)18-2-1-7(5-18)6-19/h3-4,7,19H,1-2,5-6H2,(H,17,20). The Morgan fingerprint density at radius 2 is 2.05 bits per heavy atom. The number of carbonyl (C=O) groups is 2. The minimum atomic E-state index is -1.18. The van der Waals surface area contributed by atoms with Gasteiger partial charge in [0.25, 0.3) is 0 Å². The first-order valence-corrected chi connectivity index (χ1v) is 6.65. The number of likely N-dealkylation sites (tertiary alicyclic amines) is 1. The molecule has 21 heavy (non-hydrogen) atoms. The second-order valence-electron chi connectivity index (χ2n) is 4.79. The quantitative estimate of drug-likeness (QED) is 0.639. The van der Waals surface area contributed by atoms with Crippen LogP contribution in [0.2, 0.25) is 5.02 Å². The molecule has 0 aromatic heterocycles. The van der Waals surface area contributed by atoms with Crippen LogP contribution >= 0.6 is 11.6 Å². The van der Waals surface area contributed by atoms with Crippen molar-refractivity contribution in [3.05, 3.63) is 28.8 Å². The molecule has 0 spiro atoms. The number of anilines is 1. The third kappa shape index (κ3) is 3.48. The maximum Gasteiger partial charge on any atom is 0.313 e. The van der Waals surface area contributed by atoms with Gasteiger partial charge in [0.1, 0.15) is 0 Å². The molecule has 1 aliphatic rings. The number of aliphatic hydroxyl groups excluding tert-OH is 1. The molecule has 1 saturated heterocycles. The van der Waals surface area contributed by atoms with E-state index in [1.165, 1.54) is 4.90 Å². The van der Waals surface area contributed by atoms with Gasteiger partial charge in [-0.05, 0) is 12.5 Å². The van der Waals surface area contributed by atoms with Gasteiger partial charge in [-0.2, -0.15) is 0 Å². The smallest absolute Gasteiger partial charge is 0.313 e. The maximum atomic E-state index is 13.1. The van der Waals surface area contributed by atoms with E-state index in [-0.39, 0.29) is 29.8 Å². The Labute approximate surface area is 124 Å². The average Bonchev–Trinajstić information content (AvgIpc) is 2.92. The molecular formula is C13H13ClF2N2O3. The molecule has 5 nitrogen and oxygen atoms in total. The maximum absolute atomic E-state index is 13.1. The molecule has 1 aromatic carbocycles. The van der Waals surface area contributed by atoms with Crippen molar-refractivity contribution in [2.45, 2.75) is 6.42 Å². The number of nitrogens with zero attached hydrogens (tertiary/aromatic N) is 1. The van der Waals surface area contributed by atoms with Gasteiger partial charge in [0.05, 0.1) is 10.7 Å². The summed E-state index contributed by atoms with van der Waals surface area (Å²) in [5.41, 5.74) is -0.174. The number of benzene rings is 1. The van der Waals surface area contributed by atoms with E-state index in [9.17, 15) is 18.4 Å². The number of carbonyl (C=O) groups excluding carboxylic acids is 2. The highest BCUT2D eigenvalue weighted by molar-refractivity contribution is 6.41. The largest absolute Gasteiger partial charge is 0.396 e. The molecule has 8 heteroatoms. The van der Waals surface area contributed by atoms with E-state index in [1.807, 2.05) is 0 Å². The Kier molecular flexibility index (Phi) is 4.74. The van der Waals surface area contributed by atoms with Gasteiger partial charge in [0.2, 0.25) is 0 Å². The first-order chi connectivity index (χ1) is 9.92. The fraction of sp³-hybridized carbons (Fsp3) is 0.385. The summed E-state index contributed by atoms with van der Waals surface area (Å²) in [6.07, 6.45) is 0.613. The van der Waals surface area contributed by atoms with Crippen molar-refractivity contribution < 1.29 is 23.5 Å². The number of halogens is 3. The first-order valence-electron chi connectivity index (χ1n) is 6.28. The molecule has 0 aliphatic carbocycles. The molecule has 1 fully saturated rings. The highest BCUT2D eigenvalue weighted by Crippen LogP contribution is 2.25. The van der Waals surface area contributed by atoms with Crippen LogP contribution in [0.3, 0.4) is 0 Å². The lowest BCUT2D eigenvalue weighted by Gasteiger charge is -2.16. The van der Waals surface area contributed by atoms with Crippen molar-refractivity contribution in [2.24, 2.45) is 5.92 Å². The van der Waals surface area contributed by atoms with Crippen molar-refractivity contribution in [3.63, 3.8) is 0 Å². The van der Waals surface area contributed by atoms with E-state index < -0.39 is 23.4 Å². The predicted octanol–water partition coefficient (Wildman–Crippen LogP) is 1.40. The summed E-state index contributed by atoms with van der Waals surface area (Å²) in [4.78, 5) is 25.0. The third-order valence-corrected chi connectivity index (χ3v) is 3.60. The second kappa shape index (κ2) is 6.36. The Morgan fingerprint density at radius 1 is 1.38 bits per heavy atom. The number of nitrogens with one attached hydrogen (secondary N) is 1. The van der Waals surface area contributed by atoms with Crippen LogP contribution in [0.5, 0.6) is 0 Å².